The standard InChI is InChI=1S/C16H24N2O3/c1-10(11-8-6-5-7-9-11)16(18,14(20)21)12(13(17)19)15(2,3)4/h5-10,12H,18H2,1-4H3,(H2,17,19)(H,20,21)/t10-,12?,16+/m1/s1. The maximum atomic E-state index is 11.9. The summed E-state index contributed by atoms with van der Waals surface area (Å²) in [5, 5.41) is 9.71. The van der Waals surface area contributed by atoms with E-state index in [0.29, 0.717) is 0 Å². The molecule has 0 spiro atoms. The lowest BCUT2D eigenvalue weighted by Gasteiger charge is -2.43. The van der Waals surface area contributed by atoms with Gasteiger partial charge in [0.05, 0.1) is 5.92 Å². The van der Waals surface area contributed by atoms with Crippen LogP contribution in [-0.2, 0) is 9.59 Å². The Hall–Kier alpha value is -1.88. The fourth-order valence-electron chi connectivity index (χ4n) is 2.95. The van der Waals surface area contributed by atoms with Crippen LogP contribution in [0, 0.1) is 11.3 Å². The van der Waals surface area contributed by atoms with Crippen molar-refractivity contribution in [1.29, 1.82) is 0 Å². The molecule has 0 radical (unpaired) electrons. The second-order valence-corrected chi connectivity index (χ2v) is 6.57. The molecule has 0 aromatic heterocycles. The molecular weight excluding hydrogens is 268 g/mol. The average molecular weight is 292 g/mol. The van der Waals surface area contributed by atoms with Gasteiger partial charge >= 0.3 is 5.97 Å². The van der Waals surface area contributed by atoms with Crippen LogP contribution in [0.1, 0.15) is 39.2 Å². The summed E-state index contributed by atoms with van der Waals surface area (Å²) < 4.78 is 0. The molecule has 0 aliphatic heterocycles. The van der Waals surface area contributed by atoms with E-state index < -0.39 is 34.7 Å². The number of hydrogen-bond donors (Lipinski definition) is 3. The second kappa shape index (κ2) is 5.85. The highest BCUT2D eigenvalue weighted by Gasteiger charge is 2.54. The van der Waals surface area contributed by atoms with Gasteiger partial charge in [-0.1, -0.05) is 58.0 Å². The number of carbonyl (C=O) groups is 2. The molecule has 0 saturated carbocycles. The molecule has 1 aromatic rings. The van der Waals surface area contributed by atoms with Crippen molar-refractivity contribution in [3.8, 4) is 0 Å². The van der Waals surface area contributed by atoms with Gasteiger partial charge in [0.15, 0.2) is 0 Å². The number of carboxylic acids is 1. The number of amides is 1. The molecule has 5 N–H and O–H groups in total. The van der Waals surface area contributed by atoms with E-state index in [0.717, 1.165) is 5.56 Å². The smallest absolute Gasteiger partial charge is 0.325 e. The molecule has 0 fully saturated rings. The first-order valence-corrected chi connectivity index (χ1v) is 6.89. The number of primary amides is 1. The fraction of sp³-hybridized carbons (Fsp3) is 0.500. The fourth-order valence-corrected chi connectivity index (χ4v) is 2.95. The minimum Gasteiger partial charge on any atom is -0.480 e. The topological polar surface area (TPSA) is 106 Å². The van der Waals surface area contributed by atoms with Gasteiger partial charge in [0.1, 0.15) is 5.54 Å². The molecule has 1 unspecified atom stereocenters. The first-order chi connectivity index (χ1) is 9.52. The number of carboxylic acid groups (broad SMARTS) is 1. The molecular formula is C16H24N2O3. The Labute approximate surface area is 125 Å². The molecule has 1 aromatic carbocycles. The second-order valence-electron chi connectivity index (χ2n) is 6.57. The largest absolute Gasteiger partial charge is 0.480 e. The van der Waals surface area contributed by atoms with Crippen molar-refractivity contribution in [3.05, 3.63) is 35.9 Å². The number of hydrogen-bond acceptors (Lipinski definition) is 3. The van der Waals surface area contributed by atoms with Crippen LogP contribution in [0.3, 0.4) is 0 Å². The van der Waals surface area contributed by atoms with Crippen LogP contribution in [0.25, 0.3) is 0 Å². The molecule has 5 heteroatoms. The minimum absolute atomic E-state index is 0.562. The van der Waals surface area contributed by atoms with Crippen LogP contribution < -0.4 is 11.5 Å². The summed E-state index contributed by atoms with van der Waals surface area (Å²) in [4.78, 5) is 23.8. The lowest BCUT2D eigenvalue weighted by molar-refractivity contribution is -0.153. The highest BCUT2D eigenvalue weighted by molar-refractivity contribution is 5.90. The Kier molecular flexibility index (Phi) is 4.79. The Bertz CT molecular complexity index is 522. The normalized spacial score (nSPS) is 17.6. The zero-order valence-electron chi connectivity index (χ0n) is 13.0. The van der Waals surface area contributed by atoms with Crippen molar-refractivity contribution >= 4 is 11.9 Å². The van der Waals surface area contributed by atoms with Gasteiger partial charge in [-0.15, -0.1) is 0 Å². The lowest BCUT2D eigenvalue weighted by Crippen LogP contribution is -2.64. The molecule has 0 aliphatic rings. The third-order valence-electron chi connectivity index (χ3n) is 4.01. The van der Waals surface area contributed by atoms with E-state index in [4.69, 9.17) is 11.5 Å². The molecule has 5 nitrogen and oxygen atoms in total. The first-order valence-electron chi connectivity index (χ1n) is 6.89. The number of nitrogens with two attached hydrogens (primary N) is 2. The Morgan fingerprint density at radius 1 is 1.14 bits per heavy atom. The van der Waals surface area contributed by atoms with Crippen LogP contribution in [0.15, 0.2) is 30.3 Å². The van der Waals surface area contributed by atoms with Gasteiger partial charge in [-0.2, -0.15) is 0 Å². The number of benzene rings is 1. The van der Waals surface area contributed by atoms with Crippen molar-refractivity contribution in [2.24, 2.45) is 22.8 Å². The van der Waals surface area contributed by atoms with Gasteiger partial charge in [-0.05, 0) is 11.0 Å². The predicted octanol–water partition coefficient (Wildman–Crippen LogP) is 1.72. The molecule has 0 bridgehead atoms. The van der Waals surface area contributed by atoms with E-state index in [1.54, 1.807) is 39.8 Å². The van der Waals surface area contributed by atoms with Crippen LogP contribution in [-0.4, -0.2) is 22.5 Å². The molecule has 21 heavy (non-hydrogen) atoms. The number of rotatable bonds is 5. The maximum Gasteiger partial charge on any atom is 0.325 e. The van der Waals surface area contributed by atoms with Gasteiger partial charge < -0.3 is 16.6 Å². The van der Waals surface area contributed by atoms with E-state index in [-0.39, 0.29) is 0 Å². The summed E-state index contributed by atoms with van der Waals surface area (Å²) in [5.74, 6) is -3.49. The van der Waals surface area contributed by atoms with Gasteiger partial charge in [-0.25, -0.2) is 0 Å². The lowest BCUT2D eigenvalue weighted by atomic mass is 9.62. The van der Waals surface area contributed by atoms with Gasteiger partial charge in [0.25, 0.3) is 0 Å². The SMILES string of the molecule is C[C@H](c1ccccc1)[C@@](N)(C(=O)O)C(C(N)=O)C(C)(C)C. The zero-order valence-corrected chi connectivity index (χ0v) is 13.0. The van der Waals surface area contributed by atoms with E-state index in [9.17, 15) is 14.7 Å². The molecule has 1 amide bonds. The summed E-state index contributed by atoms with van der Waals surface area (Å²) in [6, 6.07) is 9.06. The average Bonchev–Trinajstić information content (AvgIpc) is 2.36. The van der Waals surface area contributed by atoms with Crippen molar-refractivity contribution in [2.75, 3.05) is 0 Å². The Morgan fingerprint density at radius 2 is 1.62 bits per heavy atom. The summed E-state index contributed by atoms with van der Waals surface area (Å²) in [6.07, 6.45) is 0. The van der Waals surface area contributed by atoms with E-state index in [1.165, 1.54) is 0 Å². The van der Waals surface area contributed by atoms with Crippen molar-refractivity contribution < 1.29 is 14.7 Å². The monoisotopic (exact) mass is 292 g/mol. The van der Waals surface area contributed by atoms with Crippen LogP contribution in [0.2, 0.25) is 0 Å². The molecule has 116 valence electrons. The number of aliphatic carboxylic acids is 1. The summed E-state index contributed by atoms with van der Waals surface area (Å²) in [5.41, 5.74) is 10.1. The highest BCUT2D eigenvalue weighted by Crippen LogP contribution is 2.41. The zero-order chi connectivity index (χ0) is 16.4. The Balaban J connectivity index is 3.44. The first kappa shape index (κ1) is 17.2. The predicted molar refractivity (Wildman–Crippen MR) is 81.6 cm³/mol. The molecule has 1 rings (SSSR count). The van der Waals surface area contributed by atoms with E-state index >= 15 is 0 Å². The number of carbonyl (C=O) groups excluding carboxylic acids is 1. The van der Waals surface area contributed by atoms with Crippen molar-refractivity contribution in [2.45, 2.75) is 39.2 Å². The van der Waals surface area contributed by atoms with Crippen LogP contribution in [0.5, 0.6) is 0 Å². The van der Waals surface area contributed by atoms with E-state index in [1.807, 2.05) is 18.2 Å². The van der Waals surface area contributed by atoms with Crippen molar-refractivity contribution in [3.63, 3.8) is 0 Å². The minimum atomic E-state index is -1.77. The van der Waals surface area contributed by atoms with E-state index in [2.05, 4.69) is 0 Å². The third kappa shape index (κ3) is 3.24. The molecule has 0 aliphatic carbocycles. The Morgan fingerprint density at radius 3 is 1.95 bits per heavy atom. The van der Waals surface area contributed by atoms with Crippen molar-refractivity contribution in [1.82, 2.24) is 0 Å². The maximum absolute atomic E-state index is 11.9. The molecule has 0 heterocycles. The summed E-state index contributed by atoms with van der Waals surface area (Å²) in [6.45, 7) is 7.02. The molecule has 0 saturated heterocycles. The third-order valence-corrected chi connectivity index (χ3v) is 4.01. The van der Waals surface area contributed by atoms with Crippen LogP contribution >= 0.6 is 0 Å². The summed E-state index contributed by atoms with van der Waals surface area (Å²) in [7, 11) is 0. The van der Waals surface area contributed by atoms with Crippen LogP contribution in [0.4, 0.5) is 0 Å². The molecule has 3 atom stereocenters. The highest BCUT2D eigenvalue weighted by atomic mass is 16.4. The van der Waals surface area contributed by atoms with Gasteiger partial charge in [0, 0.05) is 5.92 Å². The van der Waals surface area contributed by atoms with Gasteiger partial charge in [0.2, 0.25) is 5.91 Å². The van der Waals surface area contributed by atoms with Gasteiger partial charge in [-0.3, -0.25) is 9.59 Å². The quantitative estimate of drug-likeness (QED) is 0.768. The summed E-state index contributed by atoms with van der Waals surface area (Å²) >= 11 is 0.